The summed E-state index contributed by atoms with van der Waals surface area (Å²) in [5.41, 5.74) is 0.963. The van der Waals surface area contributed by atoms with Crippen LogP contribution in [0.4, 0.5) is 0 Å². The Morgan fingerprint density at radius 1 is 1.32 bits per heavy atom. The van der Waals surface area contributed by atoms with Crippen molar-refractivity contribution in [2.45, 2.75) is 13.0 Å². The maximum absolute atomic E-state index is 11.7. The minimum atomic E-state index is -0.606. The molecular weight excluding hydrogens is 244 g/mol. The van der Waals surface area contributed by atoms with Crippen molar-refractivity contribution in [2.75, 3.05) is 6.61 Å². The highest BCUT2D eigenvalue weighted by molar-refractivity contribution is 5.89. The zero-order valence-corrected chi connectivity index (χ0v) is 10.8. The minimum Gasteiger partial charge on any atom is -0.457 e. The Balaban J connectivity index is 2.48. The quantitative estimate of drug-likeness (QED) is 0.582. The molecule has 0 radical (unpaired) electrons. The van der Waals surface area contributed by atoms with Gasteiger partial charge >= 0.3 is 11.9 Å². The van der Waals surface area contributed by atoms with E-state index in [9.17, 15) is 9.59 Å². The van der Waals surface area contributed by atoms with Crippen molar-refractivity contribution in [1.82, 2.24) is 0 Å². The largest absolute Gasteiger partial charge is 0.457 e. The molecule has 0 aliphatic rings. The van der Waals surface area contributed by atoms with Gasteiger partial charge in [-0.15, -0.1) is 0 Å². The Kier molecular flexibility index (Phi) is 5.54. The maximum Gasteiger partial charge on any atom is 0.337 e. The van der Waals surface area contributed by atoms with Crippen LogP contribution in [0.3, 0.4) is 0 Å². The number of benzene rings is 1. The van der Waals surface area contributed by atoms with Crippen molar-refractivity contribution in [1.29, 1.82) is 0 Å². The monoisotopic (exact) mass is 260 g/mol. The van der Waals surface area contributed by atoms with Gasteiger partial charge in [0.1, 0.15) is 12.7 Å². The summed E-state index contributed by atoms with van der Waals surface area (Å²) < 4.78 is 9.91. The summed E-state index contributed by atoms with van der Waals surface area (Å²) in [6.07, 6.45) is 0.631. The molecule has 1 unspecified atom stereocenters. The highest BCUT2D eigenvalue weighted by Crippen LogP contribution is 2.17. The second-order valence-electron chi connectivity index (χ2n) is 3.87. The van der Waals surface area contributed by atoms with Crippen LogP contribution in [0.25, 0.3) is 0 Å². The Hall–Kier alpha value is -2.36. The second kappa shape index (κ2) is 7.16. The number of carbonyl (C=O) groups is 2. The van der Waals surface area contributed by atoms with Gasteiger partial charge in [0.15, 0.2) is 0 Å². The third-order valence-corrected chi connectivity index (χ3v) is 2.40. The lowest BCUT2D eigenvalue weighted by Gasteiger charge is -2.14. The molecule has 4 nitrogen and oxygen atoms in total. The van der Waals surface area contributed by atoms with Crippen LogP contribution in [-0.4, -0.2) is 18.5 Å². The minimum absolute atomic E-state index is 0.0815. The molecule has 0 bridgehead atoms. The molecule has 1 aromatic carbocycles. The molecule has 19 heavy (non-hydrogen) atoms. The SMILES string of the molecule is C=CC(=O)OCC(=C)C(=O)OC(C)c1ccccc1. The molecule has 0 aliphatic heterocycles. The van der Waals surface area contributed by atoms with Gasteiger partial charge in [-0.1, -0.05) is 43.5 Å². The summed E-state index contributed by atoms with van der Waals surface area (Å²) in [7, 11) is 0. The first-order chi connectivity index (χ1) is 9.04. The predicted molar refractivity (Wildman–Crippen MR) is 71.2 cm³/mol. The molecule has 1 rings (SSSR count). The van der Waals surface area contributed by atoms with E-state index in [-0.39, 0.29) is 18.3 Å². The van der Waals surface area contributed by atoms with Crippen LogP contribution in [0.5, 0.6) is 0 Å². The lowest BCUT2D eigenvalue weighted by molar-refractivity contribution is -0.145. The molecule has 0 saturated carbocycles. The van der Waals surface area contributed by atoms with Crippen molar-refractivity contribution in [3.8, 4) is 0 Å². The molecule has 0 spiro atoms. The maximum atomic E-state index is 11.7. The van der Waals surface area contributed by atoms with E-state index >= 15 is 0 Å². The Labute approximate surface area is 112 Å². The molecule has 0 aromatic heterocycles. The predicted octanol–water partition coefficient (Wildman–Crippen LogP) is 2.58. The fraction of sp³-hybridized carbons (Fsp3) is 0.200. The van der Waals surface area contributed by atoms with E-state index in [0.29, 0.717) is 0 Å². The molecule has 0 aliphatic carbocycles. The van der Waals surface area contributed by atoms with E-state index in [0.717, 1.165) is 11.6 Å². The van der Waals surface area contributed by atoms with Crippen molar-refractivity contribution in [2.24, 2.45) is 0 Å². The molecule has 0 N–H and O–H groups in total. The van der Waals surface area contributed by atoms with Gasteiger partial charge in [-0.2, -0.15) is 0 Å². The highest BCUT2D eigenvalue weighted by atomic mass is 16.6. The lowest BCUT2D eigenvalue weighted by atomic mass is 10.1. The van der Waals surface area contributed by atoms with Gasteiger partial charge in [0.25, 0.3) is 0 Å². The van der Waals surface area contributed by atoms with Crippen LogP contribution in [0.15, 0.2) is 55.1 Å². The summed E-state index contributed by atoms with van der Waals surface area (Å²) in [5, 5.41) is 0. The molecule has 0 saturated heterocycles. The molecule has 100 valence electrons. The number of carbonyl (C=O) groups excluding carboxylic acids is 2. The van der Waals surface area contributed by atoms with E-state index in [1.807, 2.05) is 30.3 Å². The average molecular weight is 260 g/mol. The zero-order valence-electron chi connectivity index (χ0n) is 10.8. The van der Waals surface area contributed by atoms with Gasteiger partial charge in [0.05, 0.1) is 5.57 Å². The van der Waals surface area contributed by atoms with Crippen molar-refractivity contribution >= 4 is 11.9 Å². The molecule has 0 heterocycles. The summed E-state index contributed by atoms with van der Waals surface area (Å²) in [5.74, 6) is -1.20. The molecule has 0 amide bonds. The van der Waals surface area contributed by atoms with Crippen molar-refractivity contribution in [3.63, 3.8) is 0 Å². The lowest BCUT2D eigenvalue weighted by Crippen LogP contribution is -2.15. The van der Waals surface area contributed by atoms with Crippen LogP contribution < -0.4 is 0 Å². The molecule has 4 heteroatoms. The van der Waals surface area contributed by atoms with Crippen LogP contribution in [0.2, 0.25) is 0 Å². The van der Waals surface area contributed by atoms with Gasteiger partial charge in [0, 0.05) is 6.08 Å². The summed E-state index contributed by atoms with van der Waals surface area (Å²) in [6, 6.07) is 9.32. The molecule has 1 atom stereocenters. The van der Waals surface area contributed by atoms with E-state index in [2.05, 4.69) is 13.2 Å². The third-order valence-electron chi connectivity index (χ3n) is 2.40. The smallest absolute Gasteiger partial charge is 0.337 e. The Morgan fingerprint density at radius 3 is 2.53 bits per heavy atom. The fourth-order valence-corrected chi connectivity index (χ4v) is 1.31. The van der Waals surface area contributed by atoms with Gasteiger partial charge < -0.3 is 9.47 Å². The number of hydrogen-bond donors (Lipinski definition) is 0. The van der Waals surface area contributed by atoms with E-state index < -0.39 is 11.9 Å². The van der Waals surface area contributed by atoms with E-state index in [4.69, 9.17) is 9.47 Å². The zero-order chi connectivity index (χ0) is 14.3. The third kappa shape index (κ3) is 4.79. The number of hydrogen-bond acceptors (Lipinski definition) is 4. The van der Waals surface area contributed by atoms with Crippen LogP contribution >= 0.6 is 0 Å². The van der Waals surface area contributed by atoms with Crippen LogP contribution in [0.1, 0.15) is 18.6 Å². The van der Waals surface area contributed by atoms with Crippen molar-refractivity contribution < 1.29 is 19.1 Å². The van der Waals surface area contributed by atoms with Crippen LogP contribution in [-0.2, 0) is 19.1 Å². The van der Waals surface area contributed by atoms with Crippen molar-refractivity contribution in [3.05, 3.63) is 60.7 Å². The Bertz CT molecular complexity index is 476. The van der Waals surface area contributed by atoms with Crippen LogP contribution in [0, 0.1) is 0 Å². The first-order valence-corrected chi connectivity index (χ1v) is 5.77. The summed E-state index contributed by atoms with van der Waals surface area (Å²) in [6.45, 7) is 8.33. The topological polar surface area (TPSA) is 52.6 Å². The number of rotatable bonds is 6. The average Bonchev–Trinajstić information content (AvgIpc) is 2.44. The standard InChI is InChI=1S/C15H16O4/c1-4-14(16)18-10-11(2)15(17)19-12(3)13-8-6-5-7-9-13/h4-9,12H,1-2,10H2,3H3. The number of esters is 2. The fourth-order valence-electron chi connectivity index (χ4n) is 1.31. The summed E-state index contributed by atoms with van der Waals surface area (Å²) in [4.78, 5) is 22.5. The Morgan fingerprint density at radius 2 is 1.95 bits per heavy atom. The van der Waals surface area contributed by atoms with E-state index in [1.54, 1.807) is 6.92 Å². The van der Waals surface area contributed by atoms with Gasteiger partial charge in [-0.3, -0.25) is 0 Å². The highest BCUT2D eigenvalue weighted by Gasteiger charge is 2.15. The summed E-state index contributed by atoms with van der Waals surface area (Å²) >= 11 is 0. The van der Waals surface area contributed by atoms with E-state index in [1.165, 1.54) is 0 Å². The molecule has 1 aromatic rings. The molecular formula is C15H16O4. The number of ether oxygens (including phenoxy) is 2. The first kappa shape index (κ1) is 14.7. The molecule has 0 fully saturated rings. The van der Waals surface area contributed by atoms with Gasteiger partial charge in [-0.05, 0) is 12.5 Å². The first-order valence-electron chi connectivity index (χ1n) is 5.77. The van der Waals surface area contributed by atoms with Gasteiger partial charge in [-0.25, -0.2) is 9.59 Å². The normalized spacial score (nSPS) is 11.2. The van der Waals surface area contributed by atoms with Gasteiger partial charge in [0.2, 0.25) is 0 Å². The second-order valence-corrected chi connectivity index (χ2v) is 3.87.